The summed E-state index contributed by atoms with van der Waals surface area (Å²) in [6.07, 6.45) is 7.35. The van der Waals surface area contributed by atoms with E-state index < -0.39 is 23.3 Å². The molecular formula is C47H54F2N8O6. The van der Waals surface area contributed by atoms with Crippen LogP contribution in [-0.2, 0) is 29.7 Å². The van der Waals surface area contributed by atoms with Crippen molar-refractivity contribution in [2.45, 2.75) is 63.6 Å². The Morgan fingerprint density at radius 2 is 1.59 bits per heavy atom. The van der Waals surface area contributed by atoms with Crippen molar-refractivity contribution in [1.82, 2.24) is 29.6 Å². The number of imide groups is 1. The lowest BCUT2D eigenvalue weighted by atomic mass is 9.68. The molecule has 16 heteroatoms. The van der Waals surface area contributed by atoms with E-state index in [9.17, 15) is 19.2 Å². The lowest BCUT2D eigenvalue weighted by Crippen LogP contribution is -2.70. The Bertz CT molecular complexity index is 2540. The van der Waals surface area contributed by atoms with E-state index in [2.05, 4.69) is 20.1 Å². The van der Waals surface area contributed by atoms with Crippen LogP contribution in [-0.4, -0.2) is 127 Å². The number of nitrogens with one attached hydrogen (secondary N) is 1. The number of halogens is 2. The first-order valence-electron chi connectivity index (χ1n) is 22.2. The minimum Gasteiger partial charge on any atom is -0.496 e. The number of ether oxygens (including phenoxy) is 2. The molecule has 1 atom stereocenters. The van der Waals surface area contributed by atoms with E-state index in [0.717, 1.165) is 84.6 Å². The minimum absolute atomic E-state index is 0.102. The molecule has 332 valence electrons. The molecule has 1 N–H and O–H groups in total. The highest BCUT2D eigenvalue weighted by molar-refractivity contribution is 6.05. The molecule has 0 aliphatic carbocycles. The standard InChI is InChI=1S/C47H54F2N8O6/c1-52-24-36(34-20-41(55-12-4-13-55)50-21-35(34)44(52)60)31-17-39(62-2)37(40(18-31)63-3)25-53-14-9-29(10-15-53)22-54-16-11-46(47(48,49)28-54)26-56(27-46)32-6-5-30-23-57(45(61)33(30)19-32)38-7-8-42(58)51-43(38)59/h5-6,17-21,24,29,38H,4,7-16,22-23,25-28H2,1-3H3,(H,51,58,59). The third kappa shape index (κ3) is 7.28. The van der Waals surface area contributed by atoms with Gasteiger partial charge in [-0.2, -0.15) is 0 Å². The number of nitrogens with zero attached hydrogens (tertiary/aromatic N) is 7. The molecule has 6 aliphatic rings. The van der Waals surface area contributed by atoms with Crippen LogP contribution in [0.1, 0.15) is 60.0 Å². The third-order valence-electron chi connectivity index (χ3n) is 14.7. The Hall–Kier alpha value is -5.61. The molecule has 63 heavy (non-hydrogen) atoms. The number of piperidine rings is 3. The molecule has 2 aromatic heterocycles. The second kappa shape index (κ2) is 15.9. The average Bonchev–Trinajstić information content (AvgIpc) is 3.56. The van der Waals surface area contributed by atoms with Crippen molar-refractivity contribution in [3.05, 3.63) is 75.8 Å². The molecule has 1 spiro atoms. The van der Waals surface area contributed by atoms with Gasteiger partial charge in [0.05, 0.1) is 37.1 Å². The fraction of sp³-hybridized carbons (Fsp3) is 0.511. The number of likely N-dealkylation sites (tertiary alicyclic amines) is 2. The van der Waals surface area contributed by atoms with E-state index in [0.29, 0.717) is 54.4 Å². The SMILES string of the molecule is COc1cc(-c2cn(C)c(=O)c3cnc(N4CCC4)cc23)cc(OC)c1CN1CCC(CN2CCC3(CN(c4ccc5c(c4)C(=O)N(C4CCC(=O)NC4=O)C5)C3)C(F)(F)C2)CC1. The maximum atomic E-state index is 16.1. The molecule has 3 amide bonds. The van der Waals surface area contributed by atoms with Gasteiger partial charge in [-0.15, -0.1) is 0 Å². The lowest BCUT2D eigenvalue weighted by molar-refractivity contribution is -0.181. The second-order valence-electron chi connectivity index (χ2n) is 18.5. The molecule has 2 aromatic carbocycles. The maximum absolute atomic E-state index is 16.1. The molecule has 0 radical (unpaired) electrons. The summed E-state index contributed by atoms with van der Waals surface area (Å²) in [6.45, 7) is 5.91. The van der Waals surface area contributed by atoms with Crippen LogP contribution < -0.4 is 30.1 Å². The Kier molecular flexibility index (Phi) is 10.4. The van der Waals surface area contributed by atoms with Crippen LogP contribution in [0.2, 0.25) is 0 Å². The molecule has 5 saturated heterocycles. The van der Waals surface area contributed by atoms with Crippen LogP contribution in [0.25, 0.3) is 21.9 Å². The largest absolute Gasteiger partial charge is 0.496 e. The maximum Gasteiger partial charge on any atom is 0.269 e. The number of hydrogen-bond donors (Lipinski definition) is 1. The number of carbonyl (C=O) groups excluding carboxylic acids is 3. The Balaban J connectivity index is 0.750. The van der Waals surface area contributed by atoms with Gasteiger partial charge < -0.3 is 28.7 Å². The van der Waals surface area contributed by atoms with Crippen molar-refractivity contribution in [2.24, 2.45) is 18.4 Å². The number of carbonyl (C=O) groups is 3. The van der Waals surface area contributed by atoms with Gasteiger partial charge in [0, 0.05) is 93.9 Å². The molecular weight excluding hydrogens is 811 g/mol. The van der Waals surface area contributed by atoms with E-state index in [4.69, 9.17) is 9.47 Å². The highest BCUT2D eigenvalue weighted by Crippen LogP contribution is 2.52. The highest BCUT2D eigenvalue weighted by Gasteiger charge is 2.62. The number of benzene rings is 2. The number of rotatable bonds is 10. The second-order valence-corrected chi connectivity index (χ2v) is 18.5. The van der Waals surface area contributed by atoms with Crippen molar-refractivity contribution < 1.29 is 32.6 Å². The lowest BCUT2D eigenvalue weighted by Gasteiger charge is -2.58. The van der Waals surface area contributed by atoms with Crippen LogP contribution in [0.3, 0.4) is 0 Å². The summed E-state index contributed by atoms with van der Waals surface area (Å²) < 4.78 is 45.8. The van der Waals surface area contributed by atoms with Crippen molar-refractivity contribution in [1.29, 1.82) is 0 Å². The number of methoxy groups -OCH3 is 2. The minimum atomic E-state index is -2.86. The number of pyridine rings is 2. The number of hydrogen-bond acceptors (Lipinski definition) is 11. The molecule has 5 fully saturated rings. The summed E-state index contributed by atoms with van der Waals surface area (Å²) in [5.41, 5.74) is 3.52. The van der Waals surface area contributed by atoms with Crippen molar-refractivity contribution in [3.63, 3.8) is 0 Å². The van der Waals surface area contributed by atoms with Gasteiger partial charge in [-0.1, -0.05) is 6.07 Å². The smallest absolute Gasteiger partial charge is 0.269 e. The first-order chi connectivity index (χ1) is 30.3. The topological polar surface area (TPSA) is 133 Å². The van der Waals surface area contributed by atoms with Crippen LogP contribution >= 0.6 is 0 Å². The van der Waals surface area contributed by atoms with Crippen LogP contribution in [0, 0.1) is 11.3 Å². The van der Waals surface area contributed by atoms with E-state index in [1.165, 1.54) is 4.90 Å². The van der Waals surface area contributed by atoms with E-state index >= 15 is 8.78 Å². The first-order valence-corrected chi connectivity index (χ1v) is 22.2. The van der Waals surface area contributed by atoms with E-state index in [1.54, 1.807) is 38.1 Å². The first kappa shape index (κ1) is 41.4. The quantitative estimate of drug-likeness (QED) is 0.224. The Morgan fingerprint density at radius 3 is 2.25 bits per heavy atom. The Morgan fingerprint density at radius 1 is 0.841 bits per heavy atom. The van der Waals surface area contributed by atoms with Crippen molar-refractivity contribution in [2.75, 3.05) is 82.9 Å². The monoisotopic (exact) mass is 864 g/mol. The summed E-state index contributed by atoms with van der Waals surface area (Å²) in [6, 6.07) is 10.9. The molecule has 0 saturated carbocycles. The molecule has 14 nitrogen and oxygen atoms in total. The summed E-state index contributed by atoms with van der Waals surface area (Å²) in [7, 11) is 5.07. The fourth-order valence-electron chi connectivity index (χ4n) is 10.7. The van der Waals surface area contributed by atoms with Gasteiger partial charge in [0.1, 0.15) is 23.4 Å². The average molecular weight is 865 g/mol. The number of alkyl halides is 2. The zero-order chi connectivity index (χ0) is 43.8. The van der Waals surface area contributed by atoms with Gasteiger partial charge in [-0.3, -0.25) is 34.3 Å². The van der Waals surface area contributed by atoms with Crippen LogP contribution in [0.15, 0.2) is 53.6 Å². The van der Waals surface area contributed by atoms with E-state index in [-0.39, 0.29) is 56.4 Å². The highest BCUT2D eigenvalue weighted by atomic mass is 19.3. The fourth-order valence-corrected chi connectivity index (χ4v) is 10.7. The molecule has 6 aliphatic heterocycles. The summed E-state index contributed by atoms with van der Waals surface area (Å²) in [5, 5.41) is 3.72. The van der Waals surface area contributed by atoms with Gasteiger partial charge >= 0.3 is 0 Å². The molecule has 10 rings (SSSR count). The number of aryl methyl sites for hydroxylation is 1. The summed E-state index contributed by atoms with van der Waals surface area (Å²) >= 11 is 0. The molecule has 0 bridgehead atoms. The zero-order valence-electron chi connectivity index (χ0n) is 36.1. The summed E-state index contributed by atoms with van der Waals surface area (Å²) in [5.74, 6) is -1.34. The van der Waals surface area contributed by atoms with Gasteiger partial charge in [0.15, 0.2) is 0 Å². The normalized spacial score (nSPS) is 22.6. The summed E-state index contributed by atoms with van der Waals surface area (Å²) in [4.78, 5) is 65.3. The number of amides is 3. The molecule has 8 heterocycles. The van der Waals surface area contributed by atoms with Crippen molar-refractivity contribution in [3.8, 4) is 22.6 Å². The number of aromatic nitrogens is 2. The van der Waals surface area contributed by atoms with Gasteiger partial charge in [0.25, 0.3) is 17.4 Å². The third-order valence-corrected chi connectivity index (χ3v) is 14.7. The predicted molar refractivity (Wildman–Crippen MR) is 233 cm³/mol. The van der Waals surface area contributed by atoms with Crippen molar-refractivity contribution >= 4 is 40.0 Å². The Labute approximate surface area is 364 Å². The van der Waals surface area contributed by atoms with Gasteiger partial charge in [-0.25, -0.2) is 13.8 Å². The van der Waals surface area contributed by atoms with E-state index in [1.807, 2.05) is 46.3 Å². The molecule has 1 unspecified atom stereocenters. The number of anilines is 2. The van der Waals surface area contributed by atoms with Crippen LogP contribution in [0.4, 0.5) is 20.3 Å². The predicted octanol–water partition coefficient (Wildman–Crippen LogP) is 4.65. The number of fused-ring (bicyclic) bond motifs is 2. The molecule has 4 aromatic rings. The van der Waals surface area contributed by atoms with Gasteiger partial charge in [-0.05, 0) is 99.1 Å². The van der Waals surface area contributed by atoms with Gasteiger partial charge in [0.2, 0.25) is 11.8 Å². The van der Waals surface area contributed by atoms with Crippen LogP contribution in [0.5, 0.6) is 11.5 Å². The zero-order valence-corrected chi connectivity index (χ0v) is 36.1.